The first-order chi connectivity index (χ1) is 10.7. The fourth-order valence-corrected chi connectivity index (χ4v) is 3.47. The maximum absolute atomic E-state index is 11.1. The smallest absolute Gasteiger partial charge is 0.335 e. The van der Waals surface area contributed by atoms with Crippen molar-refractivity contribution in [3.63, 3.8) is 0 Å². The number of aromatic nitrogens is 1. The van der Waals surface area contributed by atoms with E-state index in [1.165, 1.54) is 0 Å². The van der Waals surface area contributed by atoms with Crippen LogP contribution in [0, 0.1) is 0 Å². The number of para-hydroxylation sites is 1. The molecular weight excluding hydrogens is 294 g/mol. The Balaban J connectivity index is 1.88. The highest BCUT2D eigenvalue weighted by molar-refractivity contribution is 7.21. The van der Waals surface area contributed by atoms with Crippen LogP contribution < -0.4 is 0 Å². The fraction of sp³-hybridized carbons (Fsp3) is 0. The Morgan fingerprint density at radius 3 is 2.59 bits per heavy atom. The van der Waals surface area contributed by atoms with Gasteiger partial charge in [0.05, 0.1) is 15.8 Å². The molecule has 106 valence electrons. The van der Waals surface area contributed by atoms with Crippen molar-refractivity contribution in [2.75, 3.05) is 0 Å². The van der Waals surface area contributed by atoms with Gasteiger partial charge in [0, 0.05) is 5.56 Å². The van der Waals surface area contributed by atoms with Crippen LogP contribution in [0.15, 0.2) is 60.7 Å². The summed E-state index contributed by atoms with van der Waals surface area (Å²) in [5, 5.41) is 12.0. The predicted molar refractivity (Wildman–Crippen MR) is 89.5 cm³/mol. The minimum atomic E-state index is -0.910. The average molecular weight is 305 g/mol. The van der Waals surface area contributed by atoms with Crippen molar-refractivity contribution in [2.45, 2.75) is 0 Å². The van der Waals surface area contributed by atoms with Crippen LogP contribution in [-0.4, -0.2) is 16.1 Å². The van der Waals surface area contributed by atoms with Crippen LogP contribution in [0.4, 0.5) is 0 Å². The predicted octanol–water partition coefficient (Wildman–Crippen LogP) is 4.81. The quantitative estimate of drug-likeness (QED) is 0.578. The lowest BCUT2D eigenvalue weighted by atomic mass is 10.0. The molecule has 0 radical (unpaired) electrons. The maximum atomic E-state index is 11.1. The van der Waals surface area contributed by atoms with E-state index in [1.807, 2.05) is 42.5 Å². The Morgan fingerprint density at radius 2 is 1.77 bits per heavy atom. The van der Waals surface area contributed by atoms with Crippen molar-refractivity contribution >= 4 is 38.3 Å². The Kier molecular flexibility index (Phi) is 2.91. The minimum absolute atomic E-state index is 0.300. The SMILES string of the molecule is O=C(O)c1ccc2ccc(-c3nc4ccccc4s3)cc2c1. The molecule has 4 rings (SSSR count). The topological polar surface area (TPSA) is 50.2 Å². The van der Waals surface area contributed by atoms with Gasteiger partial charge in [0.1, 0.15) is 5.01 Å². The van der Waals surface area contributed by atoms with Crippen LogP contribution >= 0.6 is 11.3 Å². The molecule has 4 aromatic rings. The van der Waals surface area contributed by atoms with Crippen molar-refractivity contribution in [3.05, 3.63) is 66.2 Å². The second-order valence-corrected chi connectivity index (χ2v) is 6.10. The molecule has 0 aliphatic carbocycles. The third-order valence-electron chi connectivity index (χ3n) is 3.63. The first-order valence-corrected chi connectivity index (χ1v) is 7.65. The molecule has 0 saturated heterocycles. The summed E-state index contributed by atoms with van der Waals surface area (Å²) in [4.78, 5) is 15.8. The summed E-state index contributed by atoms with van der Waals surface area (Å²) >= 11 is 1.64. The van der Waals surface area contributed by atoms with E-state index < -0.39 is 5.97 Å². The van der Waals surface area contributed by atoms with Crippen molar-refractivity contribution in [2.24, 2.45) is 0 Å². The van der Waals surface area contributed by atoms with Crippen LogP contribution in [0.3, 0.4) is 0 Å². The highest BCUT2D eigenvalue weighted by Crippen LogP contribution is 2.31. The number of carboxylic acid groups (broad SMARTS) is 1. The van der Waals surface area contributed by atoms with Gasteiger partial charge in [-0.25, -0.2) is 9.78 Å². The third-order valence-corrected chi connectivity index (χ3v) is 4.71. The molecule has 1 aromatic heterocycles. The van der Waals surface area contributed by atoms with E-state index in [0.29, 0.717) is 5.56 Å². The van der Waals surface area contributed by atoms with Gasteiger partial charge < -0.3 is 5.11 Å². The second kappa shape index (κ2) is 4.93. The van der Waals surface area contributed by atoms with Gasteiger partial charge in [0.2, 0.25) is 0 Å². The lowest BCUT2D eigenvalue weighted by Gasteiger charge is -2.02. The van der Waals surface area contributed by atoms with E-state index in [0.717, 1.165) is 31.6 Å². The number of hydrogen-bond donors (Lipinski definition) is 1. The molecule has 1 heterocycles. The van der Waals surface area contributed by atoms with Crippen molar-refractivity contribution < 1.29 is 9.90 Å². The van der Waals surface area contributed by atoms with Gasteiger partial charge >= 0.3 is 5.97 Å². The van der Waals surface area contributed by atoms with E-state index in [1.54, 1.807) is 23.5 Å². The molecular formula is C18H11NO2S. The van der Waals surface area contributed by atoms with Gasteiger partial charge in [-0.1, -0.05) is 30.3 Å². The normalized spacial score (nSPS) is 11.1. The van der Waals surface area contributed by atoms with Gasteiger partial charge in [-0.05, 0) is 41.1 Å². The fourth-order valence-electron chi connectivity index (χ4n) is 2.51. The lowest BCUT2D eigenvalue weighted by molar-refractivity contribution is 0.0697. The van der Waals surface area contributed by atoms with E-state index in [4.69, 9.17) is 5.11 Å². The monoisotopic (exact) mass is 305 g/mol. The molecule has 0 atom stereocenters. The largest absolute Gasteiger partial charge is 0.478 e. The van der Waals surface area contributed by atoms with Crippen molar-refractivity contribution in [3.8, 4) is 10.6 Å². The Labute approximate surface area is 130 Å². The summed E-state index contributed by atoms with van der Waals surface area (Å²) in [5.74, 6) is -0.910. The average Bonchev–Trinajstić information content (AvgIpc) is 2.97. The van der Waals surface area contributed by atoms with Crippen LogP contribution in [-0.2, 0) is 0 Å². The van der Waals surface area contributed by atoms with Crippen LogP contribution in [0.5, 0.6) is 0 Å². The van der Waals surface area contributed by atoms with E-state index in [9.17, 15) is 4.79 Å². The summed E-state index contributed by atoms with van der Waals surface area (Å²) in [7, 11) is 0. The van der Waals surface area contributed by atoms with Crippen LogP contribution in [0.2, 0.25) is 0 Å². The van der Waals surface area contributed by atoms with Gasteiger partial charge in [-0.15, -0.1) is 11.3 Å². The Hall–Kier alpha value is -2.72. The molecule has 3 nitrogen and oxygen atoms in total. The van der Waals surface area contributed by atoms with Gasteiger partial charge in [0.25, 0.3) is 0 Å². The number of thiazole rings is 1. The third kappa shape index (κ3) is 2.14. The summed E-state index contributed by atoms with van der Waals surface area (Å²) < 4.78 is 1.15. The highest BCUT2D eigenvalue weighted by atomic mass is 32.1. The Bertz CT molecular complexity index is 987. The molecule has 0 amide bonds. The van der Waals surface area contributed by atoms with Crippen molar-refractivity contribution in [1.82, 2.24) is 4.98 Å². The molecule has 0 bridgehead atoms. The first-order valence-electron chi connectivity index (χ1n) is 6.84. The van der Waals surface area contributed by atoms with Crippen LogP contribution in [0.25, 0.3) is 31.6 Å². The minimum Gasteiger partial charge on any atom is -0.478 e. The van der Waals surface area contributed by atoms with Gasteiger partial charge in [-0.2, -0.15) is 0 Å². The number of benzene rings is 3. The van der Waals surface area contributed by atoms with E-state index in [-0.39, 0.29) is 0 Å². The molecule has 0 aliphatic rings. The lowest BCUT2D eigenvalue weighted by Crippen LogP contribution is -1.95. The number of carbonyl (C=O) groups is 1. The molecule has 0 spiro atoms. The number of nitrogens with zero attached hydrogens (tertiary/aromatic N) is 1. The molecule has 3 aromatic carbocycles. The zero-order valence-electron chi connectivity index (χ0n) is 11.5. The summed E-state index contributed by atoms with van der Waals surface area (Å²) in [6, 6.07) is 19.2. The first kappa shape index (κ1) is 13.0. The van der Waals surface area contributed by atoms with E-state index >= 15 is 0 Å². The molecule has 4 heteroatoms. The van der Waals surface area contributed by atoms with Gasteiger partial charge in [0.15, 0.2) is 0 Å². The molecule has 22 heavy (non-hydrogen) atoms. The highest BCUT2D eigenvalue weighted by Gasteiger charge is 2.08. The molecule has 1 N–H and O–H groups in total. The van der Waals surface area contributed by atoms with E-state index in [2.05, 4.69) is 11.1 Å². The summed E-state index contributed by atoms with van der Waals surface area (Å²) in [6.07, 6.45) is 0. The Morgan fingerprint density at radius 1 is 0.955 bits per heavy atom. The summed E-state index contributed by atoms with van der Waals surface area (Å²) in [5.41, 5.74) is 2.30. The van der Waals surface area contributed by atoms with Crippen LogP contribution in [0.1, 0.15) is 10.4 Å². The maximum Gasteiger partial charge on any atom is 0.335 e. The molecule has 0 unspecified atom stereocenters. The standard InChI is InChI=1S/C18H11NO2S/c20-18(21)13-8-6-11-5-7-12(9-14(11)10-13)17-19-15-3-1-2-4-16(15)22-17/h1-10H,(H,20,21). The zero-order chi connectivity index (χ0) is 15.1. The number of hydrogen-bond acceptors (Lipinski definition) is 3. The number of fused-ring (bicyclic) bond motifs is 2. The molecule has 0 aliphatic heterocycles. The summed E-state index contributed by atoms with van der Waals surface area (Å²) in [6.45, 7) is 0. The van der Waals surface area contributed by atoms with Crippen molar-refractivity contribution in [1.29, 1.82) is 0 Å². The number of rotatable bonds is 2. The number of carboxylic acids is 1. The molecule has 0 fully saturated rings. The molecule has 0 saturated carbocycles. The van der Waals surface area contributed by atoms with Gasteiger partial charge in [-0.3, -0.25) is 0 Å². The number of aromatic carboxylic acids is 1. The second-order valence-electron chi connectivity index (χ2n) is 5.07. The zero-order valence-corrected chi connectivity index (χ0v) is 12.3.